The molecule has 0 aromatic carbocycles. The quantitative estimate of drug-likeness (QED) is 0.853. The number of hydrogen-bond acceptors (Lipinski definition) is 5. The summed E-state index contributed by atoms with van der Waals surface area (Å²) in [5, 5.41) is 8.79. The van der Waals surface area contributed by atoms with Crippen LogP contribution < -0.4 is 0 Å². The van der Waals surface area contributed by atoms with Crippen molar-refractivity contribution in [1.29, 1.82) is 0 Å². The number of piperidine rings is 1. The zero-order chi connectivity index (χ0) is 16.2. The lowest BCUT2D eigenvalue weighted by Crippen LogP contribution is -2.38. The third kappa shape index (κ3) is 3.20. The molecule has 8 heteroatoms. The molecule has 1 aliphatic rings. The van der Waals surface area contributed by atoms with Crippen LogP contribution in [-0.2, 0) is 17.8 Å². The standard InChI is InChI=1S/C15H22N6O2/c1-3-21-13(10-19-9-6-16-11-19)17-18-14(21)12-4-7-20(8-5-12)15(22)23-2/h6,9,11-12H,3-5,7-8,10H2,1-2H3. The number of hydrogen-bond donors (Lipinski definition) is 0. The first-order valence-electron chi connectivity index (χ1n) is 7.93. The van der Waals surface area contributed by atoms with Crippen LogP contribution in [0.2, 0.25) is 0 Å². The Labute approximate surface area is 135 Å². The first-order chi connectivity index (χ1) is 11.2. The van der Waals surface area contributed by atoms with Gasteiger partial charge in [-0.25, -0.2) is 9.78 Å². The van der Waals surface area contributed by atoms with Gasteiger partial charge in [0.2, 0.25) is 0 Å². The summed E-state index contributed by atoms with van der Waals surface area (Å²) in [7, 11) is 1.42. The summed E-state index contributed by atoms with van der Waals surface area (Å²) in [6.45, 7) is 5.01. The number of amides is 1. The molecule has 0 bridgehead atoms. The average Bonchev–Trinajstić information content (AvgIpc) is 3.24. The number of carbonyl (C=O) groups is 1. The van der Waals surface area contributed by atoms with Gasteiger partial charge in [-0.15, -0.1) is 10.2 Å². The second-order valence-electron chi connectivity index (χ2n) is 5.69. The zero-order valence-electron chi connectivity index (χ0n) is 13.6. The van der Waals surface area contributed by atoms with Gasteiger partial charge in [-0.3, -0.25) is 0 Å². The smallest absolute Gasteiger partial charge is 0.409 e. The molecule has 0 radical (unpaired) electrons. The van der Waals surface area contributed by atoms with Gasteiger partial charge in [0, 0.05) is 37.9 Å². The van der Waals surface area contributed by atoms with Gasteiger partial charge >= 0.3 is 6.09 Å². The van der Waals surface area contributed by atoms with Crippen LogP contribution in [0, 0.1) is 0 Å². The summed E-state index contributed by atoms with van der Waals surface area (Å²) in [6, 6.07) is 0. The van der Waals surface area contributed by atoms with Crippen LogP contribution >= 0.6 is 0 Å². The van der Waals surface area contributed by atoms with Crippen LogP contribution in [0.25, 0.3) is 0 Å². The Morgan fingerprint density at radius 1 is 1.35 bits per heavy atom. The van der Waals surface area contributed by atoms with Crippen LogP contribution in [0.15, 0.2) is 18.7 Å². The molecule has 8 nitrogen and oxygen atoms in total. The van der Waals surface area contributed by atoms with Crippen LogP contribution in [-0.4, -0.2) is 55.5 Å². The van der Waals surface area contributed by atoms with Crippen molar-refractivity contribution in [2.75, 3.05) is 20.2 Å². The minimum atomic E-state index is -0.249. The van der Waals surface area contributed by atoms with E-state index < -0.39 is 0 Å². The van der Waals surface area contributed by atoms with Crippen LogP contribution in [0.5, 0.6) is 0 Å². The van der Waals surface area contributed by atoms with Crippen LogP contribution in [0.3, 0.4) is 0 Å². The third-order valence-corrected chi connectivity index (χ3v) is 4.35. The van der Waals surface area contributed by atoms with Crippen molar-refractivity contribution in [3.63, 3.8) is 0 Å². The molecule has 2 aromatic rings. The molecule has 1 aliphatic heterocycles. The Morgan fingerprint density at radius 3 is 2.74 bits per heavy atom. The van der Waals surface area contributed by atoms with E-state index in [1.54, 1.807) is 17.4 Å². The van der Waals surface area contributed by atoms with E-state index in [4.69, 9.17) is 4.74 Å². The van der Waals surface area contributed by atoms with Crippen molar-refractivity contribution in [2.45, 2.75) is 38.8 Å². The summed E-state index contributed by atoms with van der Waals surface area (Å²) in [4.78, 5) is 17.4. The molecule has 0 unspecified atom stereocenters. The number of carbonyl (C=O) groups excluding carboxylic acids is 1. The van der Waals surface area contributed by atoms with Crippen molar-refractivity contribution in [1.82, 2.24) is 29.2 Å². The predicted molar refractivity (Wildman–Crippen MR) is 83.0 cm³/mol. The van der Waals surface area contributed by atoms with Gasteiger partial charge in [0.05, 0.1) is 20.0 Å². The van der Waals surface area contributed by atoms with E-state index in [0.717, 1.165) is 31.0 Å². The first kappa shape index (κ1) is 15.5. The molecule has 0 saturated carbocycles. The minimum Gasteiger partial charge on any atom is -0.453 e. The van der Waals surface area contributed by atoms with Crippen LogP contribution in [0.4, 0.5) is 4.79 Å². The Kier molecular flexibility index (Phi) is 4.59. The Hall–Kier alpha value is -2.38. The van der Waals surface area contributed by atoms with Crippen molar-refractivity contribution in [2.24, 2.45) is 0 Å². The van der Waals surface area contributed by atoms with Crippen LogP contribution in [0.1, 0.15) is 37.3 Å². The molecule has 1 saturated heterocycles. The second-order valence-corrected chi connectivity index (χ2v) is 5.69. The molecular formula is C15H22N6O2. The summed E-state index contributed by atoms with van der Waals surface area (Å²) in [6.07, 6.45) is 6.99. The lowest BCUT2D eigenvalue weighted by atomic mass is 9.96. The number of aromatic nitrogens is 5. The fraction of sp³-hybridized carbons (Fsp3) is 0.600. The minimum absolute atomic E-state index is 0.249. The molecule has 124 valence electrons. The van der Waals surface area contributed by atoms with E-state index in [9.17, 15) is 4.79 Å². The fourth-order valence-corrected chi connectivity index (χ4v) is 3.11. The summed E-state index contributed by atoms with van der Waals surface area (Å²) in [5.41, 5.74) is 0. The van der Waals surface area contributed by atoms with E-state index in [1.807, 2.05) is 10.8 Å². The number of ether oxygens (including phenoxy) is 1. The number of imidazole rings is 1. The maximum atomic E-state index is 11.6. The molecule has 1 amide bonds. The molecule has 0 N–H and O–H groups in total. The molecule has 2 aromatic heterocycles. The highest BCUT2D eigenvalue weighted by atomic mass is 16.5. The topological polar surface area (TPSA) is 78.1 Å². The third-order valence-electron chi connectivity index (χ3n) is 4.35. The maximum Gasteiger partial charge on any atom is 0.409 e. The van der Waals surface area contributed by atoms with Gasteiger partial charge in [-0.1, -0.05) is 0 Å². The molecule has 1 fully saturated rings. The number of likely N-dealkylation sites (tertiary alicyclic amines) is 1. The Balaban J connectivity index is 1.71. The van der Waals surface area contributed by atoms with Crippen molar-refractivity contribution >= 4 is 6.09 Å². The van der Waals surface area contributed by atoms with Crippen molar-refractivity contribution in [3.8, 4) is 0 Å². The molecule has 0 atom stereocenters. The van der Waals surface area contributed by atoms with Gasteiger partial charge in [0.1, 0.15) is 5.82 Å². The highest BCUT2D eigenvalue weighted by Crippen LogP contribution is 2.27. The lowest BCUT2D eigenvalue weighted by molar-refractivity contribution is 0.111. The summed E-state index contributed by atoms with van der Waals surface area (Å²) in [5.74, 6) is 2.29. The second kappa shape index (κ2) is 6.80. The predicted octanol–water partition coefficient (Wildman–Crippen LogP) is 1.49. The van der Waals surface area contributed by atoms with Gasteiger partial charge < -0.3 is 18.8 Å². The zero-order valence-corrected chi connectivity index (χ0v) is 13.6. The highest BCUT2D eigenvalue weighted by molar-refractivity contribution is 5.67. The first-order valence-corrected chi connectivity index (χ1v) is 7.93. The highest BCUT2D eigenvalue weighted by Gasteiger charge is 2.28. The van der Waals surface area contributed by atoms with Crippen molar-refractivity contribution < 1.29 is 9.53 Å². The lowest BCUT2D eigenvalue weighted by Gasteiger charge is -2.30. The fourth-order valence-electron chi connectivity index (χ4n) is 3.11. The number of methoxy groups -OCH3 is 1. The van der Waals surface area contributed by atoms with E-state index in [-0.39, 0.29) is 6.09 Å². The maximum absolute atomic E-state index is 11.6. The van der Waals surface area contributed by atoms with Gasteiger partial charge in [0.25, 0.3) is 0 Å². The van der Waals surface area contributed by atoms with E-state index in [0.29, 0.717) is 25.6 Å². The molecule has 0 spiro atoms. The van der Waals surface area contributed by atoms with Gasteiger partial charge in [0.15, 0.2) is 5.82 Å². The van der Waals surface area contributed by atoms with E-state index in [1.165, 1.54) is 7.11 Å². The summed E-state index contributed by atoms with van der Waals surface area (Å²) >= 11 is 0. The largest absolute Gasteiger partial charge is 0.453 e. The van der Waals surface area contributed by atoms with Gasteiger partial charge in [-0.2, -0.15) is 0 Å². The number of nitrogens with zero attached hydrogens (tertiary/aromatic N) is 6. The Morgan fingerprint density at radius 2 is 2.13 bits per heavy atom. The summed E-state index contributed by atoms with van der Waals surface area (Å²) < 4.78 is 8.95. The van der Waals surface area contributed by atoms with E-state index in [2.05, 4.69) is 26.7 Å². The van der Waals surface area contributed by atoms with E-state index >= 15 is 0 Å². The van der Waals surface area contributed by atoms with Gasteiger partial charge in [-0.05, 0) is 19.8 Å². The molecule has 3 rings (SSSR count). The number of rotatable bonds is 4. The molecule has 0 aliphatic carbocycles. The normalized spacial score (nSPS) is 15.8. The molecule has 23 heavy (non-hydrogen) atoms. The Bertz CT molecular complexity index is 643. The van der Waals surface area contributed by atoms with Crippen molar-refractivity contribution in [3.05, 3.63) is 30.4 Å². The molecular weight excluding hydrogens is 296 g/mol. The average molecular weight is 318 g/mol. The SMILES string of the molecule is CCn1c(Cn2ccnc2)nnc1C1CCN(C(=O)OC)CC1. The monoisotopic (exact) mass is 318 g/mol. The molecule has 3 heterocycles.